The number of aliphatic hydroxyl groups is 1. The van der Waals surface area contributed by atoms with E-state index < -0.39 is 127 Å². The number of nitrogens with one attached hydrogen (secondary N) is 8. The lowest BCUT2D eigenvalue weighted by Gasteiger charge is -2.25. The minimum Gasteiger partial charge on any atom is -0.480 e. The normalized spacial score (nSPS) is 15.9. The maximum Gasteiger partial charge on any atom is 0.326 e. The first-order chi connectivity index (χ1) is 25.3. The van der Waals surface area contributed by atoms with E-state index >= 15 is 0 Å². The number of hydrogen-bond donors (Lipinski definition) is 12. The summed E-state index contributed by atoms with van der Waals surface area (Å²) in [5, 5.41) is 37.8. The first-order valence-corrected chi connectivity index (χ1v) is 17.6. The molecule has 14 N–H and O–H groups in total. The number of rotatable bonds is 23. The Hall–Kier alpha value is -5.38. The van der Waals surface area contributed by atoms with Gasteiger partial charge in [0.1, 0.15) is 48.3 Å². The first-order valence-electron chi connectivity index (χ1n) is 17.6. The monoisotopic (exact) mass is 786 g/mol. The fraction of sp³-hybridized carbons (Fsp3) is 0.697. The number of carboxylic acids is 1. The molecule has 0 unspecified atom stereocenters. The van der Waals surface area contributed by atoms with Gasteiger partial charge in [0.2, 0.25) is 53.2 Å². The third kappa shape index (κ3) is 18.0. The van der Waals surface area contributed by atoms with Crippen LogP contribution in [0, 0.1) is 11.8 Å². The standard InChI is InChI=1S/C33H58N10O12/c1-13(2)10-21(33(54)55)41-30(51)20(11-23(35)45)40-28(49)19(9)38-31(52)22(12-44)42-29(50)18(8)37-26(47)16(6)36-27(48)17(7)39-32(53)24(14(3)4)43-25(46)15(5)34/h13-22,24,44H,10-12,34H2,1-9H3,(H2,35,45)(H,36,48)(H,37,47)(H,38,52)(H,39,53)(H,40,49)(H,41,51)(H,42,50)(H,43,46)(H,54,55)/t15-,16-,17-,18-,19-,20-,21-,22-,24-/m0/s1. The van der Waals surface area contributed by atoms with Crippen LogP contribution in [-0.2, 0) is 47.9 Å². The molecule has 22 heteroatoms. The number of primary amides is 1. The Morgan fingerprint density at radius 1 is 0.491 bits per heavy atom. The molecule has 55 heavy (non-hydrogen) atoms. The zero-order valence-electron chi connectivity index (χ0n) is 32.6. The number of carbonyl (C=O) groups excluding carboxylic acids is 9. The highest BCUT2D eigenvalue weighted by molar-refractivity contribution is 5.98. The molecule has 0 aromatic heterocycles. The van der Waals surface area contributed by atoms with Crippen LogP contribution in [0.25, 0.3) is 0 Å². The van der Waals surface area contributed by atoms with Gasteiger partial charge in [-0.15, -0.1) is 0 Å². The topological polar surface area (TPSA) is 359 Å². The van der Waals surface area contributed by atoms with Gasteiger partial charge in [-0.25, -0.2) is 4.79 Å². The molecule has 22 nitrogen and oxygen atoms in total. The van der Waals surface area contributed by atoms with Gasteiger partial charge in [0.25, 0.3) is 0 Å². The molecule has 0 aromatic carbocycles. The summed E-state index contributed by atoms with van der Waals surface area (Å²) in [5.74, 6) is -9.62. The van der Waals surface area contributed by atoms with Crippen molar-refractivity contribution in [1.29, 1.82) is 0 Å². The zero-order chi connectivity index (χ0) is 42.9. The average molecular weight is 787 g/mol. The van der Waals surface area contributed by atoms with Crippen molar-refractivity contribution in [2.24, 2.45) is 23.3 Å². The van der Waals surface area contributed by atoms with Crippen molar-refractivity contribution < 1.29 is 58.2 Å². The molecule has 0 aliphatic carbocycles. The molecule has 0 radical (unpaired) electrons. The van der Waals surface area contributed by atoms with Crippen LogP contribution in [0.5, 0.6) is 0 Å². The third-order valence-electron chi connectivity index (χ3n) is 7.84. The zero-order valence-corrected chi connectivity index (χ0v) is 32.6. The maximum atomic E-state index is 12.8. The number of carboxylic acid groups (broad SMARTS) is 1. The van der Waals surface area contributed by atoms with Crippen molar-refractivity contribution in [2.75, 3.05) is 6.61 Å². The Labute approximate surface area is 319 Å². The number of amides is 9. The van der Waals surface area contributed by atoms with Crippen molar-refractivity contribution in [3.05, 3.63) is 0 Å². The second-order valence-electron chi connectivity index (χ2n) is 13.9. The minimum atomic E-state index is -1.63. The van der Waals surface area contributed by atoms with Crippen LogP contribution in [0.2, 0.25) is 0 Å². The Morgan fingerprint density at radius 3 is 1.22 bits per heavy atom. The van der Waals surface area contributed by atoms with Crippen molar-refractivity contribution in [3.63, 3.8) is 0 Å². The molecule has 0 saturated carbocycles. The molecule has 0 aliphatic rings. The predicted octanol–water partition coefficient (Wildman–Crippen LogP) is -5.05. The molecule has 0 saturated heterocycles. The summed E-state index contributed by atoms with van der Waals surface area (Å²) in [4.78, 5) is 125. The van der Waals surface area contributed by atoms with E-state index in [0.717, 1.165) is 0 Å². The second kappa shape index (κ2) is 23.4. The van der Waals surface area contributed by atoms with E-state index in [0.29, 0.717) is 0 Å². The molecular weight excluding hydrogens is 728 g/mol. The molecular formula is C33H58N10O12. The summed E-state index contributed by atoms with van der Waals surface area (Å²) in [6, 6.07) is -11.5. The molecule has 0 aromatic rings. The summed E-state index contributed by atoms with van der Waals surface area (Å²) >= 11 is 0. The van der Waals surface area contributed by atoms with Crippen molar-refractivity contribution in [1.82, 2.24) is 42.5 Å². The number of aliphatic hydroxyl groups excluding tert-OH is 1. The number of hydrogen-bond acceptors (Lipinski definition) is 12. The van der Waals surface area contributed by atoms with E-state index in [-0.39, 0.29) is 18.3 Å². The number of carbonyl (C=O) groups is 10. The molecule has 0 heterocycles. The van der Waals surface area contributed by atoms with Gasteiger partial charge in [-0.2, -0.15) is 0 Å². The van der Waals surface area contributed by atoms with Crippen molar-refractivity contribution in [3.8, 4) is 0 Å². The van der Waals surface area contributed by atoms with Gasteiger partial charge >= 0.3 is 5.97 Å². The van der Waals surface area contributed by atoms with Crippen LogP contribution in [0.3, 0.4) is 0 Å². The van der Waals surface area contributed by atoms with Gasteiger partial charge in [-0.05, 0) is 52.9 Å². The Kier molecular flexibility index (Phi) is 21.1. The Morgan fingerprint density at radius 2 is 0.855 bits per heavy atom. The van der Waals surface area contributed by atoms with Crippen LogP contribution < -0.4 is 54.0 Å². The van der Waals surface area contributed by atoms with Crippen LogP contribution >= 0.6 is 0 Å². The van der Waals surface area contributed by atoms with E-state index in [1.807, 2.05) is 0 Å². The fourth-order valence-electron chi connectivity index (χ4n) is 4.54. The highest BCUT2D eigenvalue weighted by Gasteiger charge is 2.32. The first kappa shape index (κ1) is 49.6. The summed E-state index contributed by atoms with van der Waals surface area (Å²) < 4.78 is 0. The molecule has 0 spiro atoms. The molecule has 312 valence electrons. The SMILES string of the molecule is CC(C)C[C@H](NC(=O)[C@H](CC(N)=O)NC(=O)[C@H](C)NC(=O)[C@H](CO)NC(=O)[C@H](C)NC(=O)[C@H](C)NC(=O)[C@H](C)NC(=O)[C@@H](NC(=O)[C@H](C)N)C(C)C)C(=O)O. The van der Waals surface area contributed by atoms with E-state index in [1.165, 1.54) is 34.6 Å². The smallest absolute Gasteiger partial charge is 0.326 e. The summed E-state index contributed by atoms with van der Waals surface area (Å²) in [7, 11) is 0. The minimum absolute atomic E-state index is 0.0516. The average Bonchev–Trinajstić information content (AvgIpc) is 3.07. The summed E-state index contributed by atoms with van der Waals surface area (Å²) in [5.41, 5.74) is 10.8. The maximum absolute atomic E-state index is 12.8. The lowest BCUT2D eigenvalue weighted by molar-refractivity contribution is -0.143. The lowest BCUT2D eigenvalue weighted by Crippen LogP contribution is -2.60. The Bertz CT molecular complexity index is 1420. The molecule has 0 fully saturated rings. The highest BCUT2D eigenvalue weighted by atomic mass is 16.4. The van der Waals surface area contributed by atoms with E-state index in [2.05, 4.69) is 42.5 Å². The van der Waals surface area contributed by atoms with Crippen LogP contribution in [0.15, 0.2) is 0 Å². The van der Waals surface area contributed by atoms with Gasteiger partial charge in [-0.1, -0.05) is 27.7 Å². The molecule has 0 aliphatic heterocycles. The number of aliphatic carboxylic acids is 1. The van der Waals surface area contributed by atoms with Crippen LogP contribution in [-0.4, -0.2) is 130 Å². The van der Waals surface area contributed by atoms with Gasteiger partial charge in [0.05, 0.1) is 19.1 Å². The van der Waals surface area contributed by atoms with Crippen LogP contribution in [0.1, 0.15) is 75.2 Å². The summed E-state index contributed by atoms with van der Waals surface area (Å²) in [6.07, 6.45) is -0.645. The molecule has 0 bridgehead atoms. The van der Waals surface area contributed by atoms with Gasteiger partial charge in [0, 0.05) is 0 Å². The van der Waals surface area contributed by atoms with E-state index in [9.17, 15) is 58.2 Å². The summed E-state index contributed by atoms with van der Waals surface area (Å²) in [6.45, 7) is 12.4. The van der Waals surface area contributed by atoms with E-state index in [4.69, 9.17) is 11.5 Å². The van der Waals surface area contributed by atoms with Crippen LogP contribution in [0.4, 0.5) is 0 Å². The second-order valence-corrected chi connectivity index (χ2v) is 13.9. The highest BCUT2D eigenvalue weighted by Crippen LogP contribution is 2.07. The molecule has 9 amide bonds. The number of nitrogens with two attached hydrogens (primary N) is 2. The van der Waals surface area contributed by atoms with Gasteiger partial charge in [0.15, 0.2) is 0 Å². The quantitative estimate of drug-likeness (QED) is 0.0462. The lowest BCUT2D eigenvalue weighted by atomic mass is 10.0. The third-order valence-corrected chi connectivity index (χ3v) is 7.84. The fourth-order valence-corrected chi connectivity index (χ4v) is 4.54. The predicted molar refractivity (Wildman–Crippen MR) is 195 cm³/mol. The van der Waals surface area contributed by atoms with Crippen molar-refractivity contribution >= 4 is 59.1 Å². The van der Waals surface area contributed by atoms with E-state index in [1.54, 1.807) is 27.7 Å². The van der Waals surface area contributed by atoms with Crippen molar-refractivity contribution in [2.45, 2.75) is 130 Å². The largest absolute Gasteiger partial charge is 0.480 e. The molecule has 0 rings (SSSR count). The molecule has 9 atom stereocenters. The van der Waals surface area contributed by atoms with Gasteiger partial charge in [-0.3, -0.25) is 43.2 Å². The van der Waals surface area contributed by atoms with Gasteiger partial charge < -0.3 is 64.2 Å². The Balaban J connectivity index is 5.30.